The first-order valence-electron chi connectivity index (χ1n) is 7.14. The highest BCUT2D eigenvalue weighted by Gasteiger charge is 2.20. The van der Waals surface area contributed by atoms with Crippen LogP contribution in [0.4, 0.5) is 0 Å². The second-order valence-corrected chi connectivity index (χ2v) is 6.87. The third-order valence-corrected chi connectivity index (χ3v) is 4.90. The Morgan fingerprint density at radius 3 is 2.38 bits per heavy atom. The number of hydrogen-bond acceptors (Lipinski definition) is 4. The van der Waals surface area contributed by atoms with Gasteiger partial charge in [0.15, 0.2) is 0 Å². The Hall–Kier alpha value is -2.86. The first-order valence-corrected chi connectivity index (χ1v) is 8.55. The lowest BCUT2D eigenvalue weighted by molar-refractivity contribution is 0.0696. The van der Waals surface area contributed by atoms with Crippen LogP contribution >= 0.6 is 0 Å². The van der Waals surface area contributed by atoms with Gasteiger partial charge in [-0.15, -0.1) is 0 Å². The summed E-state index contributed by atoms with van der Waals surface area (Å²) in [6.07, 6.45) is 0. The smallest absolute Gasteiger partial charge is 0.339 e. The minimum atomic E-state index is -4.12. The quantitative estimate of drug-likeness (QED) is 0.733. The van der Waals surface area contributed by atoms with Crippen LogP contribution < -0.4 is 4.18 Å². The molecule has 0 saturated carbocycles. The summed E-state index contributed by atoms with van der Waals surface area (Å²) in [6.45, 7) is 1.60. The summed E-state index contributed by atoms with van der Waals surface area (Å²) in [5.74, 6) is -1.01. The lowest BCUT2D eigenvalue weighted by atomic mass is 10.1. The van der Waals surface area contributed by atoms with Crippen LogP contribution in [0.5, 0.6) is 5.75 Å². The van der Waals surface area contributed by atoms with Crippen molar-refractivity contribution in [2.75, 3.05) is 0 Å². The van der Waals surface area contributed by atoms with Crippen LogP contribution in [0.3, 0.4) is 0 Å². The van der Waals surface area contributed by atoms with Crippen molar-refractivity contribution in [1.82, 2.24) is 0 Å². The Morgan fingerprint density at radius 2 is 1.67 bits per heavy atom. The topological polar surface area (TPSA) is 80.7 Å². The standard InChI is InChI=1S/C18H14O5S/c1-12-6-9-16(11-17(12)18(19)20)24(21,22)23-15-8-7-13-4-2-3-5-14(13)10-15/h2-11H,1H3,(H,19,20). The molecule has 0 aliphatic heterocycles. The maximum Gasteiger partial charge on any atom is 0.339 e. The van der Waals surface area contributed by atoms with Crippen LogP contribution in [-0.2, 0) is 10.1 Å². The van der Waals surface area contributed by atoms with E-state index >= 15 is 0 Å². The highest BCUT2D eigenvalue weighted by Crippen LogP contribution is 2.25. The summed E-state index contributed by atoms with van der Waals surface area (Å²) in [4.78, 5) is 11.0. The molecule has 3 rings (SSSR count). The molecule has 0 saturated heterocycles. The summed E-state index contributed by atoms with van der Waals surface area (Å²) < 4.78 is 30.0. The summed E-state index contributed by atoms with van der Waals surface area (Å²) in [5, 5.41) is 10.9. The maximum absolute atomic E-state index is 12.4. The fraction of sp³-hybridized carbons (Fsp3) is 0.0556. The number of hydrogen-bond donors (Lipinski definition) is 1. The highest BCUT2D eigenvalue weighted by atomic mass is 32.2. The maximum atomic E-state index is 12.4. The largest absolute Gasteiger partial charge is 0.478 e. The highest BCUT2D eigenvalue weighted by molar-refractivity contribution is 7.87. The summed E-state index contributed by atoms with van der Waals surface area (Å²) in [7, 11) is -4.12. The zero-order valence-corrected chi connectivity index (χ0v) is 13.6. The van der Waals surface area contributed by atoms with Crippen LogP contribution in [-0.4, -0.2) is 19.5 Å². The average Bonchev–Trinajstić information content (AvgIpc) is 2.54. The third kappa shape index (κ3) is 3.09. The van der Waals surface area contributed by atoms with Gasteiger partial charge in [-0.3, -0.25) is 0 Å². The van der Waals surface area contributed by atoms with E-state index in [1.54, 1.807) is 25.1 Å². The molecule has 0 bridgehead atoms. The molecule has 3 aromatic rings. The normalized spacial score (nSPS) is 11.4. The molecule has 0 unspecified atom stereocenters. The summed E-state index contributed by atoms with van der Waals surface area (Å²) >= 11 is 0. The summed E-state index contributed by atoms with van der Waals surface area (Å²) in [5.41, 5.74) is 0.408. The van der Waals surface area contributed by atoms with Gasteiger partial charge in [-0.25, -0.2) is 4.79 Å². The van der Waals surface area contributed by atoms with Crippen LogP contribution in [0, 0.1) is 6.92 Å². The molecule has 6 heteroatoms. The van der Waals surface area contributed by atoms with E-state index < -0.39 is 16.1 Å². The molecule has 0 amide bonds. The molecule has 0 radical (unpaired) electrons. The predicted molar refractivity (Wildman–Crippen MR) is 89.9 cm³/mol. The van der Waals surface area contributed by atoms with Gasteiger partial charge in [-0.1, -0.05) is 36.4 Å². The fourth-order valence-corrected chi connectivity index (χ4v) is 3.33. The van der Waals surface area contributed by atoms with Crippen molar-refractivity contribution < 1.29 is 22.5 Å². The number of carbonyl (C=O) groups is 1. The van der Waals surface area contributed by atoms with Gasteiger partial charge in [0.05, 0.1) is 5.56 Å². The Kier molecular flexibility index (Phi) is 3.99. The fourth-order valence-electron chi connectivity index (χ4n) is 2.38. The Balaban J connectivity index is 1.98. The number of carboxylic acids is 1. The monoisotopic (exact) mass is 342 g/mol. The van der Waals surface area contributed by atoms with Gasteiger partial charge < -0.3 is 9.29 Å². The lowest BCUT2D eigenvalue weighted by Crippen LogP contribution is -2.11. The van der Waals surface area contributed by atoms with Crippen molar-refractivity contribution in [1.29, 1.82) is 0 Å². The molecule has 0 fully saturated rings. The van der Waals surface area contributed by atoms with Gasteiger partial charge >= 0.3 is 16.1 Å². The Bertz CT molecular complexity index is 1040. The van der Waals surface area contributed by atoms with E-state index in [2.05, 4.69) is 0 Å². The van der Waals surface area contributed by atoms with Gasteiger partial charge in [0.1, 0.15) is 10.6 Å². The molecule has 0 heterocycles. The second-order valence-electron chi connectivity index (χ2n) is 5.33. The van der Waals surface area contributed by atoms with E-state index in [0.29, 0.717) is 5.56 Å². The van der Waals surface area contributed by atoms with E-state index in [0.717, 1.165) is 16.8 Å². The van der Waals surface area contributed by atoms with Crippen molar-refractivity contribution in [3.63, 3.8) is 0 Å². The number of aryl methyl sites for hydroxylation is 1. The van der Waals surface area contributed by atoms with Gasteiger partial charge in [0.25, 0.3) is 0 Å². The minimum Gasteiger partial charge on any atom is -0.478 e. The van der Waals surface area contributed by atoms with Crippen molar-refractivity contribution in [2.45, 2.75) is 11.8 Å². The predicted octanol–water partition coefficient (Wildman–Crippen LogP) is 3.61. The molecule has 0 aromatic heterocycles. The Morgan fingerprint density at radius 1 is 0.958 bits per heavy atom. The molecule has 0 aliphatic rings. The van der Waals surface area contributed by atoms with Gasteiger partial charge in [0.2, 0.25) is 0 Å². The number of carboxylic acid groups (broad SMARTS) is 1. The summed E-state index contributed by atoms with van der Waals surface area (Å²) in [6, 6.07) is 16.3. The van der Waals surface area contributed by atoms with E-state index in [4.69, 9.17) is 9.29 Å². The number of aromatic carboxylic acids is 1. The lowest BCUT2D eigenvalue weighted by Gasteiger charge is -2.09. The van der Waals surface area contributed by atoms with E-state index in [-0.39, 0.29) is 16.2 Å². The van der Waals surface area contributed by atoms with E-state index in [9.17, 15) is 13.2 Å². The van der Waals surface area contributed by atoms with Crippen LogP contribution in [0.2, 0.25) is 0 Å². The van der Waals surface area contributed by atoms with Gasteiger partial charge in [-0.2, -0.15) is 8.42 Å². The molecular weight excluding hydrogens is 328 g/mol. The molecule has 0 aliphatic carbocycles. The molecule has 3 aromatic carbocycles. The molecule has 0 atom stereocenters. The van der Waals surface area contributed by atoms with Crippen molar-refractivity contribution in [3.05, 3.63) is 71.8 Å². The molecule has 5 nitrogen and oxygen atoms in total. The van der Waals surface area contributed by atoms with E-state index in [1.165, 1.54) is 12.1 Å². The van der Waals surface area contributed by atoms with Crippen molar-refractivity contribution in [3.8, 4) is 5.75 Å². The van der Waals surface area contributed by atoms with Crippen LogP contribution in [0.25, 0.3) is 10.8 Å². The van der Waals surface area contributed by atoms with Gasteiger partial charge in [-0.05, 0) is 47.5 Å². The number of fused-ring (bicyclic) bond motifs is 1. The SMILES string of the molecule is Cc1ccc(S(=O)(=O)Oc2ccc3ccccc3c2)cc1C(=O)O. The van der Waals surface area contributed by atoms with Crippen molar-refractivity contribution in [2.24, 2.45) is 0 Å². The molecule has 0 spiro atoms. The molecular formula is C18H14O5S. The first-order chi connectivity index (χ1) is 11.4. The van der Waals surface area contributed by atoms with E-state index in [1.807, 2.05) is 24.3 Å². The zero-order valence-electron chi connectivity index (χ0n) is 12.8. The first kappa shape index (κ1) is 16.0. The Labute approximate surface area is 139 Å². The number of benzene rings is 3. The molecule has 1 N–H and O–H groups in total. The van der Waals surface area contributed by atoms with Crippen LogP contribution in [0.15, 0.2) is 65.6 Å². The van der Waals surface area contributed by atoms with Crippen LogP contribution in [0.1, 0.15) is 15.9 Å². The molecule has 122 valence electrons. The number of rotatable bonds is 4. The van der Waals surface area contributed by atoms with Crippen molar-refractivity contribution >= 4 is 26.9 Å². The second kappa shape index (κ2) is 5.98. The minimum absolute atomic E-state index is 0.0711. The molecule has 24 heavy (non-hydrogen) atoms. The van der Waals surface area contributed by atoms with Gasteiger partial charge in [0, 0.05) is 0 Å². The third-order valence-electron chi connectivity index (χ3n) is 3.65. The zero-order chi connectivity index (χ0) is 17.3. The average molecular weight is 342 g/mol.